The predicted octanol–water partition coefficient (Wildman–Crippen LogP) is 3.00. The molecule has 0 aliphatic rings. The summed E-state index contributed by atoms with van der Waals surface area (Å²) in [6, 6.07) is 7.70. The summed E-state index contributed by atoms with van der Waals surface area (Å²) in [6.07, 6.45) is 1.32. The summed E-state index contributed by atoms with van der Waals surface area (Å²) in [7, 11) is 0. The molecule has 1 amide bonds. The van der Waals surface area contributed by atoms with Crippen molar-refractivity contribution >= 4 is 17.5 Å². The van der Waals surface area contributed by atoms with Crippen LogP contribution in [0.1, 0.15) is 15.9 Å². The first kappa shape index (κ1) is 11.7. The fourth-order valence-electron chi connectivity index (χ4n) is 1.37. The fraction of sp³-hybridized carbons (Fsp3) is 0.0833. The second-order valence-electron chi connectivity index (χ2n) is 3.38. The lowest BCUT2D eigenvalue weighted by atomic mass is 10.2. The third-order valence-corrected chi connectivity index (χ3v) is 2.55. The lowest BCUT2D eigenvalue weighted by molar-refractivity contribution is 0.0950. The molecule has 1 aromatic heterocycles. The third kappa shape index (κ3) is 2.65. The lowest BCUT2D eigenvalue weighted by Gasteiger charge is -2.04. The van der Waals surface area contributed by atoms with Gasteiger partial charge in [-0.2, -0.15) is 0 Å². The van der Waals surface area contributed by atoms with E-state index in [0.717, 1.165) is 0 Å². The summed E-state index contributed by atoms with van der Waals surface area (Å²) in [5, 5.41) is 2.58. The van der Waals surface area contributed by atoms with Gasteiger partial charge in [0.25, 0.3) is 5.91 Å². The maximum atomic E-state index is 13.3. The van der Waals surface area contributed by atoms with Crippen molar-refractivity contribution in [2.45, 2.75) is 6.54 Å². The van der Waals surface area contributed by atoms with Gasteiger partial charge in [-0.05, 0) is 23.7 Å². The van der Waals surface area contributed by atoms with E-state index in [4.69, 9.17) is 16.0 Å². The highest BCUT2D eigenvalue weighted by Crippen LogP contribution is 2.16. The van der Waals surface area contributed by atoms with Crippen LogP contribution in [0.4, 0.5) is 4.39 Å². The van der Waals surface area contributed by atoms with Crippen molar-refractivity contribution in [2.75, 3.05) is 0 Å². The Bertz CT molecular complexity index is 539. The molecule has 2 rings (SSSR count). The first-order valence-corrected chi connectivity index (χ1v) is 5.31. The van der Waals surface area contributed by atoms with Crippen LogP contribution < -0.4 is 5.32 Å². The molecule has 2 aromatic rings. The van der Waals surface area contributed by atoms with Crippen molar-refractivity contribution in [3.05, 3.63) is 58.8 Å². The van der Waals surface area contributed by atoms with Crippen molar-refractivity contribution in [1.29, 1.82) is 0 Å². The van der Waals surface area contributed by atoms with Crippen LogP contribution >= 0.6 is 11.6 Å². The van der Waals surface area contributed by atoms with E-state index in [1.807, 2.05) is 0 Å². The van der Waals surface area contributed by atoms with Crippen molar-refractivity contribution in [2.24, 2.45) is 0 Å². The monoisotopic (exact) mass is 253 g/mol. The van der Waals surface area contributed by atoms with E-state index in [9.17, 15) is 9.18 Å². The second-order valence-corrected chi connectivity index (χ2v) is 3.73. The number of furan rings is 1. The van der Waals surface area contributed by atoms with Crippen molar-refractivity contribution in [3.63, 3.8) is 0 Å². The van der Waals surface area contributed by atoms with Gasteiger partial charge in [-0.15, -0.1) is 0 Å². The summed E-state index contributed by atoms with van der Waals surface area (Å²) in [5.41, 5.74) is 0.656. The second kappa shape index (κ2) is 5.01. The maximum Gasteiger partial charge on any atom is 0.256 e. The molecule has 17 heavy (non-hydrogen) atoms. The smallest absolute Gasteiger partial charge is 0.256 e. The molecule has 0 saturated carbocycles. The topological polar surface area (TPSA) is 42.2 Å². The summed E-state index contributed by atoms with van der Waals surface area (Å²) in [5.74, 6) is -0.752. The van der Waals surface area contributed by atoms with E-state index in [1.54, 1.807) is 18.2 Å². The van der Waals surface area contributed by atoms with Gasteiger partial charge in [0, 0.05) is 12.1 Å². The van der Waals surface area contributed by atoms with Crippen LogP contribution in [0, 0.1) is 5.82 Å². The van der Waals surface area contributed by atoms with Gasteiger partial charge in [0.2, 0.25) is 5.22 Å². The van der Waals surface area contributed by atoms with Crippen molar-refractivity contribution in [3.8, 4) is 0 Å². The Hall–Kier alpha value is -1.81. The van der Waals surface area contributed by atoms with Gasteiger partial charge in [-0.25, -0.2) is 4.39 Å². The van der Waals surface area contributed by atoms with Crippen LogP contribution in [0.15, 0.2) is 41.0 Å². The Morgan fingerprint density at radius 3 is 2.76 bits per heavy atom. The van der Waals surface area contributed by atoms with E-state index < -0.39 is 5.91 Å². The quantitative estimate of drug-likeness (QED) is 0.914. The van der Waals surface area contributed by atoms with Gasteiger partial charge in [0.05, 0.1) is 11.8 Å². The molecule has 0 unspecified atom stereocenters. The van der Waals surface area contributed by atoms with Crippen LogP contribution in [0.3, 0.4) is 0 Å². The molecule has 0 radical (unpaired) electrons. The van der Waals surface area contributed by atoms with Crippen LogP contribution in [0.25, 0.3) is 0 Å². The standard InChI is InChI=1S/C12H9ClFNO2/c13-11-9(5-6-17-11)12(16)15-7-8-3-1-2-4-10(8)14/h1-6H,7H2,(H,15,16). The Kier molecular flexibility index (Phi) is 3.44. The first-order chi connectivity index (χ1) is 8.18. The number of nitrogens with one attached hydrogen (secondary N) is 1. The minimum Gasteiger partial charge on any atom is -0.452 e. The summed E-state index contributed by atoms with van der Waals surface area (Å²) >= 11 is 5.65. The van der Waals surface area contributed by atoms with E-state index in [1.165, 1.54) is 18.4 Å². The third-order valence-electron chi connectivity index (χ3n) is 2.26. The largest absolute Gasteiger partial charge is 0.452 e. The lowest BCUT2D eigenvalue weighted by Crippen LogP contribution is -2.23. The number of benzene rings is 1. The molecular formula is C12H9ClFNO2. The molecular weight excluding hydrogens is 245 g/mol. The molecule has 3 nitrogen and oxygen atoms in total. The molecule has 0 atom stereocenters. The van der Waals surface area contributed by atoms with Crippen LogP contribution in [-0.4, -0.2) is 5.91 Å². The van der Waals surface area contributed by atoms with E-state index >= 15 is 0 Å². The highest BCUT2D eigenvalue weighted by Gasteiger charge is 2.12. The number of halogens is 2. The molecule has 0 aliphatic carbocycles. The molecule has 0 aliphatic heterocycles. The van der Waals surface area contributed by atoms with E-state index in [0.29, 0.717) is 5.56 Å². The van der Waals surface area contributed by atoms with Crippen molar-refractivity contribution < 1.29 is 13.6 Å². The van der Waals surface area contributed by atoms with Crippen LogP contribution in [-0.2, 0) is 6.54 Å². The average Bonchev–Trinajstić information content (AvgIpc) is 2.74. The molecule has 1 aromatic carbocycles. The maximum absolute atomic E-state index is 13.3. The minimum absolute atomic E-state index is 0.0241. The Balaban J connectivity index is 2.02. The molecule has 0 spiro atoms. The first-order valence-electron chi connectivity index (χ1n) is 4.93. The zero-order chi connectivity index (χ0) is 12.3. The number of hydrogen-bond acceptors (Lipinski definition) is 2. The Morgan fingerprint density at radius 1 is 1.35 bits per heavy atom. The SMILES string of the molecule is O=C(NCc1ccccc1F)c1ccoc1Cl. The van der Waals surface area contributed by atoms with Gasteiger partial charge in [-0.1, -0.05) is 18.2 Å². The van der Waals surface area contributed by atoms with E-state index in [-0.39, 0.29) is 23.1 Å². The van der Waals surface area contributed by atoms with E-state index in [2.05, 4.69) is 5.32 Å². The Morgan fingerprint density at radius 2 is 2.12 bits per heavy atom. The minimum atomic E-state index is -0.396. The summed E-state index contributed by atoms with van der Waals surface area (Å²) in [4.78, 5) is 11.6. The normalized spacial score (nSPS) is 10.2. The highest BCUT2D eigenvalue weighted by atomic mass is 35.5. The number of carbonyl (C=O) groups excluding carboxylic acids is 1. The molecule has 1 N–H and O–H groups in total. The number of amides is 1. The van der Waals surface area contributed by atoms with Crippen LogP contribution in [0.5, 0.6) is 0 Å². The molecule has 0 fully saturated rings. The number of rotatable bonds is 3. The predicted molar refractivity (Wildman–Crippen MR) is 61.3 cm³/mol. The molecule has 0 bridgehead atoms. The fourth-order valence-corrected chi connectivity index (χ4v) is 1.57. The molecule has 88 valence electrons. The summed E-state index contributed by atoms with van der Waals surface area (Å²) < 4.78 is 18.1. The average molecular weight is 254 g/mol. The Labute approximate surface area is 102 Å². The summed E-state index contributed by atoms with van der Waals surface area (Å²) in [6.45, 7) is 0.104. The zero-order valence-corrected chi connectivity index (χ0v) is 9.50. The van der Waals surface area contributed by atoms with Gasteiger partial charge in [0.1, 0.15) is 5.82 Å². The highest BCUT2D eigenvalue weighted by molar-refractivity contribution is 6.32. The zero-order valence-electron chi connectivity index (χ0n) is 8.74. The molecule has 1 heterocycles. The van der Waals surface area contributed by atoms with Gasteiger partial charge < -0.3 is 9.73 Å². The van der Waals surface area contributed by atoms with Crippen LogP contribution in [0.2, 0.25) is 5.22 Å². The number of carbonyl (C=O) groups is 1. The van der Waals surface area contributed by atoms with Gasteiger partial charge >= 0.3 is 0 Å². The molecule has 5 heteroatoms. The van der Waals surface area contributed by atoms with Gasteiger partial charge in [0.15, 0.2) is 0 Å². The van der Waals surface area contributed by atoms with Crippen molar-refractivity contribution in [1.82, 2.24) is 5.32 Å². The van der Waals surface area contributed by atoms with Gasteiger partial charge in [-0.3, -0.25) is 4.79 Å². The number of hydrogen-bond donors (Lipinski definition) is 1. The molecule has 0 saturated heterocycles.